The van der Waals surface area contributed by atoms with Gasteiger partial charge in [-0.25, -0.2) is 0 Å². The SMILES string of the molecule is CC(=O)C(C)=NNC(=S)NCCNC(=S)NN=C(C)C(C)=O. The van der Waals surface area contributed by atoms with Crippen molar-refractivity contribution in [3.8, 4) is 0 Å². The molecule has 4 N–H and O–H groups in total. The topological polar surface area (TPSA) is 107 Å². The van der Waals surface area contributed by atoms with E-state index >= 15 is 0 Å². The van der Waals surface area contributed by atoms with Gasteiger partial charge in [0.25, 0.3) is 0 Å². The molecule has 0 radical (unpaired) electrons. The summed E-state index contributed by atoms with van der Waals surface area (Å²) in [7, 11) is 0. The number of thiocarbonyl (C=S) groups is 2. The molecule has 0 atom stereocenters. The Balaban J connectivity index is 3.89. The maximum absolute atomic E-state index is 10.9. The van der Waals surface area contributed by atoms with Crippen molar-refractivity contribution in [2.75, 3.05) is 13.1 Å². The number of carbonyl (C=O) groups excluding carboxylic acids is 2. The van der Waals surface area contributed by atoms with E-state index in [0.717, 1.165) is 0 Å². The molecular formula is C12H20N6O2S2. The average molecular weight is 344 g/mol. The van der Waals surface area contributed by atoms with Gasteiger partial charge in [0.2, 0.25) is 0 Å². The fourth-order valence-corrected chi connectivity index (χ4v) is 1.15. The van der Waals surface area contributed by atoms with E-state index in [0.29, 0.717) is 34.7 Å². The van der Waals surface area contributed by atoms with Crippen LogP contribution in [0, 0.1) is 0 Å². The number of nitrogens with one attached hydrogen (secondary N) is 4. The van der Waals surface area contributed by atoms with Crippen LogP contribution in [0.5, 0.6) is 0 Å². The smallest absolute Gasteiger partial charge is 0.187 e. The summed E-state index contributed by atoms with van der Waals surface area (Å²) in [6.45, 7) is 6.99. The second-order valence-corrected chi connectivity index (χ2v) is 5.06. The van der Waals surface area contributed by atoms with Gasteiger partial charge >= 0.3 is 0 Å². The molecule has 0 aromatic rings. The van der Waals surface area contributed by atoms with E-state index in [1.807, 2.05) is 0 Å². The van der Waals surface area contributed by atoms with Gasteiger partial charge in [-0.15, -0.1) is 0 Å². The van der Waals surface area contributed by atoms with E-state index in [1.165, 1.54) is 13.8 Å². The van der Waals surface area contributed by atoms with Gasteiger partial charge < -0.3 is 10.6 Å². The zero-order valence-corrected chi connectivity index (χ0v) is 14.6. The van der Waals surface area contributed by atoms with E-state index in [4.69, 9.17) is 24.4 Å². The largest absolute Gasteiger partial charge is 0.360 e. The third kappa shape index (κ3) is 9.88. The minimum atomic E-state index is -0.130. The summed E-state index contributed by atoms with van der Waals surface area (Å²) < 4.78 is 0. The maximum atomic E-state index is 10.9. The highest BCUT2D eigenvalue weighted by Crippen LogP contribution is 1.79. The summed E-state index contributed by atoms with van der Waals surface area (Å²) in [5.74, 6) is -0.260. The first-order valence-corrected chi connectivity index (χ1v) is 7.23. The second kappa shape index (κ2) is 10.7. The molecule has 0 heterocycles. The van der Waals surface area contributed by atoms with Crippen molar-refractivity contribution in [1.82, 2.24) is 21.5 Å². The summed E-state index contributed by atoms with van der Waals surface area (Å²) >= 11 is 9.95. The van der Waals surface area contributed by atoms with Crippen LogP contribution in [0.1, 0.15) is 27.7 Å². The second-order valence-electron chi connectivity index (χ2n) is 4.24. The summed E-state index contributed by atoms with van der Waals surface area (Å²) in [6.07, 6.45) is 0. The van der Waals surface area contributed by atoms with Gasteiger partial charge in [-0.05, 0) is 38.3 Å². The Morgan fingerprint density at radius 3 is 1.36 bits per heavy atom. The molecule has 0 aliphatic carbocycles. The number of rotatable bonds is 7. The third-order valence-electron chi connectivity index (χ3n) is 2.37. The molecule has 10 heteroatoms. The molecule has 0 aromatic heterocycles. The summed E-state index contributed by atoms with van der Waals surface area (Å²) in [6, 6.07) is 0. The molecule has 0 aliphatic heterocycles. The molecule has 0 saturated heterocycles. The zero-order valence-electron chi connectivity index (χ0n) is 12.9. The predicted octanol–water partition coefficient (Wildman–Crippen LogP) is -0.156. The molecule has 0 rings (SSSR count). The Kier molecular flexibility index (Phi) is 9.79. The van der Waals surface area contributed by atoms with Crippen LogP contribution >= 0.6 is 24.4 Å². The Bertz CT molecular complexity index is 470. The number of hydrogen-bond donors (Lipinski definition) is 4. The number of hydrazone groups is 2. The van der Waals surface area contributed by atoms with Gasteiger partial charge in [0.15, 0.2) is 21.8 Å². The minimum absolute atomic E-state index is 0.130. The zero-order chi connectivity index (χ0) is 17.1. The Labute approximate surface area is 140 Å². The van der Waals surface area contributed by atoms with Gasteiger partial charge in [0.05, 0.1) is 0 Å². The highest BCUT2D eigenvalue weighted by Gasteiger charge is 2.00. The highest BCUT2D eigenvalue weighted by molar-refractivity contribution is 7.80. The molecule has 8 nitrogen and oxygen atoms in total. The molecule has 0 saturated carbocycles. The van der Waals surface area contributed by atoms with Gasteiger partial charge in [-0.3, -0.25) is 20.4 Å². The minimum Gasteiger partial charge on any atom is -0.360 e. The summed E-state index contributed by atoms with van der Waals surface area (Å²) in [5.41, 5.74) is 5.79. The summed E-state index contributed by atoms with van der Waals surface area (Å²) in [4.78, 5) is 21.9. The molecule has 0 fully saturated rings. The van der Waals surface area contributed by atoms with Gasteiger partial charge in [0.1, 0.15) is 11.4 Å². The normalized spacial score (nSPS) is 11.5. The van der Waals surface area contributed by atoms with Crippen molar-refractivity contribution in [3.63, 3.8) is 0 Å². The van der Waals surface area contributed by atoms with Gasteiger partial charge in [-0.2, -0.15) is 10.2 Å². The van der Waals surface area contributed by atoms with Crippen LogP contribution in [0.15, 0.2) is 10.2 Å². The molecule has 0 bridgehead atoms. The first-order chi connectivity index (χ1) is 10.2. The molecule has 0 aromatic carbocycles. The fourth-order valence-electron chi connectivity index (χ4n) is 0.858. The number of carbonyl (C=O) groups is 2. The lowest BCUT2D eigenvalue weighted by Crippen LogP contribution is -2.41. The quantitative estimate of drug-likeness (QED) is 0.219. The van der Waals surface area contributed by atoms with Crippen LogP contribution in [-0.2, 0) is 9.59 Å². The lowest BCUT2D eigenvalue weighted by atomic mass is 10.3. The van der Waals surface area contributed by atoms with E-state index in [1.54, 1.807) is 13.8 Å². The van der Waals surface area contributed by atoms with Crippen molar-refractivity contribution in [1.29, 1.82) is 0 Å². The molecule has 0 spiro atoms. The molecule has 0 unspecified atom stereocenters. The van der Waals surface area contributed by atoms with Crippen molar-refractivity contribution in [2.45, 2.75) is 27.7 Å². The molecule has 122 valence electrons. The fraction of sp³-hybridized carbons (Fsp3) is 0.500. The maximum Gasteiger partial charge on any atom is 0.187 e. The highest BCUT2D eigenvalue weighted by atomic mass is 32.1. The van der Waals surface area contributed by atoms with Crippen LogP contribution in [0.25, 0.3) is 0 Å². The average Bonchev–Trinajstić information content (AvgIpc) is 2.46. The molecule has 22 heavy (non-hydrogen) atoms. The molecular weight excluding hydrogens is 324 g/mol. The number of Topliss-reactive ketones (excluding diaryl/α,β-unsaturated/α-hetero) is 2. The summed E-state index contributed by atoms with van der Waals surface area (Å²) in [5, 5.41) is 14.0. The number of hydrogen-bond acceptors (Lipinski definition) is 6. The third-order valence-corrected chi connectivity index (χ3v) is 2.84. The van der Waals surface area contributed by atoms with E-state index in [2.05, 4.69) is 31.7 Å². The van der Waals surface area contributed by atoms with E-state index in [9.17, 15) is 9.59 Å². The van der Waals surface area contributed by atoms with Gasteiger partial charge in [0, 0.05) is 26.9 Å². The Morgan fingerprint density at radius 2 is 1.09 bits per heavy atom. The van der Waals surface area contributed by atoms with Crippen molar-refractivity contribution in [2.24, 2.45) is 10.2 Å². The standard InChI is InChI=1S/C12H20N6O2S2/c1-7(9(3)19)15-17-11(21)13-5-6-14-12(22)18-16-8(2)10(4)20/h5-6H2,1-4H3,(H2,13,17,21)(H2,14,18,22). The number of ketones is 2. The van der Waals surface area contributed by atoms with Crippen molar-refractivity contribution >= 4 is 57.7 Å². The molecule has 0 aliphatic rings. The van der Waals surface area contributed by atoms with Gasteiger partial charge in [-0.1, -0.05) is 0 Å². The van der Waals surface area contributed by atoms with Crippen molar-refractivity contribution in [3.05, 3.63) is 0 Å². The van der Waals surface area contributed by atoms with E-state index in [-0.39, 0.29) is 11.6 Å². The Morgan fingerprint density at radius 1 is 0.773 bits per heavy atom. The van der Waals surface area contributed by atoms with Crippen LogP contribution in [0.4, 0.5) is 0 Å². The van der Waals surface area contributed by atoms with Crippen molar-refractivity contribution < 1.29 is 9.59 Å². The first kappa shape index (κ1) is 20.1. The lowest BCUT2D eigenvalue weighted by molar-refractivity contribution is -0.111. The Hall–Kier alpha value is -1.94. The predicted molar refractivity (Wildman–Crippen MR) is 95.1 cm³/mol. The molecule has 0 amide bonds. The monoisotopic (exact) mass is 344 g/mol. The van der Waals surface area contributed by atoms with Crippen LogP contribution in [0.2, 0.25) is 0 Å². The van der Waals surface area contributed by atoms with Crippen LogP contribution < -0.4 is 21.5 Å². The van der Waals surface area contributed by atoms with Crippen LogP contribution in [0.3, 0.4) is 0 Å². The lowest BCUT2D eigenvalue weighted by Gasteiger charge is -2.10. The van der Waals surface area contributed by atoms with E-state index < -0.39 is 0 Å². The first-order valence-electron chi connectivity index (χ1n) is 6.42. The number of nitrogens with zero attached hydrogens (tertiary/aromatic N) is 2. The van der Waals surface area contributed by atoms with Crippen LogP contribution in [-0.4, -0.2) is 46.3 Å².